The molecule has 0 radical (unpaired) electrons. The third-order valence-corrected chi connectivity index (χ3v) is 5.30. The summed E-state index contributed by atoms with van der Waals surface area (Å²) < 4.78 is 0. The number of amides is 1. The number of hydrogen-bond donors (Lipinski definition) is 2. The summed E-state index contributed by atoms with van der Waals surface area (Å²) in [5, 5.41) is 13.1. The Morgan fingerprint density at radius 1 is 1.20 bits per heavy atom. The van der Waals surface area contributed by atoms with Gasteiger partial charge in [-0.1, -0.05) is 30.5 Å². The van der Waals surface area contributed by atoms with Gasteiger partial charge >= 0.3 is 0 Å². The molecule has 0 aliphatic heterocycles. The van der Waals surface area contributed by atoms with Gasteiger partial charge < -0.3 is 15.3 Å². The molecule has 1 aromatic carbocycles. The minimum absolute atomic E-state index is 0.0844. The lowest BCUT2D eigenvalue weighted by Gasteiger charge is -2.31. The zero-order valence-corrected chi connectivity index (χ0v) is 16.3. The summed E-state index contributed by atoms with van der Waals surface area (Å²) in [6.45, 7) is 7.98. The second-order valence-corrected chi connectivity index (χ2v) is 7.80. The molecule has 2 N–H and O–H groups in total. The van der Waals surface area contributed by atoms with E-state index >= 15 is 0 Å². The summed E-state index contributed by atoms with van der Waals surface area (Å²) in [5.74, 6) is 0.478. The van der Waals surface area contributed by atoms with Crippen LogP contribution < -0.4 is 5.32 Å². The molecule has 1 aliphatic carbocycles. The van der Waals surface area contributed by atoms with Crippen LogP contribution in [-0.2, 0) is 4.79 Å². The molecule has 4 heteroatoms. The number of nitrogens with one attached hydrogen (secondary N) is 1. The van der Waals surface area contributed by atoms with Crippen LogP contribution in [0.5, 0.6) is 0 Å². The lowest BCUT2D eigenvalue weighted by molar-refractivity contribution is -0.116. The maximum atomic E-state index is 12.3. The molecular weight excluding hydrogens is 312 g/mol. The Bertz CT molecular complexity index is 562. The predicted molar refractivity (Wildman–Crippen MR) is 104 cm³/mol. The zero-order chi connectivity index (χ0) is 18.4. The van der Waals surface area contributed by atoms with Gasteiger partial charge in [-0.15, -0.1) is 0 Å². The van der Waals surface area contributed by atoms with Gasteiger partial charge in [0.2, 0.25) is 5.91 Å². The molecular formula is C21H34N2O2. The van der Waals surface area contributed by atoms with E-state index in [2.05, 4.69) is 36.3 Å². The molecule has 4 nitrogen and oxygen atoms in total. The second kappa shape index (κ2) is 9.35. The van der Waals surface area contributed by atoms with Crippen LogP contribution in [-0.4, -0.2) is 42.2 Å². The van der Waals surface area contributed by atoms with Crippen LogP contribution in [0.3, 0.4) is 0 Å². The normalized spacial score (nSPS) is 20.7. The minimum atomic E-state index is -0.146. The fourth-order valence-electron chi connectivity index (χ4n) is 3.98. The topological polar surface area (TPSA) is 52.6 Å². The first-order chi connectivity index (χ1) is 11.9. The first-order valence-corrected chi connectivity index (χ1v) is 9.61. The summed E-state index contributed by atoms with van der Waals surface area (Å²) in [5.41, 5.74) is 4.41. The Hall–Kier alpha value is -1.39. The van der Waals surface area contributed by atoms with Crippen LogP contribution >= 0.6 is 0 Å². The van der Waals surface area contributed by atoms with Gasteiger partial charge in [-0.25, -0.2) is 0 Å². The van der Waals surface area contributed by atoms with Crippen molar-refractivity contribution in [1.29, 1.82) is 0 Å². The van der Waals surface area contributed by atoms with Gasteiger partial charge in [0.15, 0.2) is 0 Å². The number of rotatable bonds is 7. The van der Waals surface area contributed by atoms with Crippen LogP contribution in [0.15, 0.2) is 12.1 Å². The third kappa shape index (κ3) is 6.12. The molecule has 1 fully saturated rings. The van der Waals surface area contributed by atoms with Gasteiger partial charge in [-0.05, 0) is 70.7 Å². The maximum Gasteiger partial charge on any atom is 0.224 e. The van der Waals surface area contributed by atoms with Crippen LogP contribution in [0.1, 0.15) is 55.2 Å². The number of aliphatic hydroxyl groups is 1. The molecule has 0 bridgehead atoms. The standard InChI is InChI=1S/C21H34N2O2/c1-15-12-16(2)21(17(3)13-15)22-20(25)10-7-11-23(4)14-18-8-5-6-9-19(18)24/h12-13,18-19,24H,5-11,14H2,1-4H3,(H,22,25). The fourth-order valence-corrected chi connectivity index (χ4v) is 3.98. The SMILES string of the molecule is Cc1cc(C)c(NC(=O)CCCN(C)CC2CCCCC2O)c(C)c1. The second-order valence-electron chi connectivity index (χ2n) is 7.80. The van der Waals surface area contributed by atoms with Gasteiger partial charge in [-0.3, -0.25) is 4.79 Å². The first kappa shape index (κ1) is 19.9. The summed E-state index contributed by atoms with van der Waals surface area (Å²) in [7, 11) is 2.09. The number of aryl methyl sites for hydroxylation is 3. The van der Waals surface area contributed by atoms with E-state index < -0.39 is 0 Å². The Morgan fingerprint density at radius 2 is 1.84 bits per heavy atom. The fraction of sp³-hybridized carbons (Fsp3) is 0.667. The summed E-state index contributed by atoms with van der Waals surface area (Å²) in [6.07, 6.45) is 5.67. The van der Waals surface area contributed by atoms with Crippen molar-refractivity contribution < 1.29 is 9.90 Å². The van der Waals surface area contributed by atoms with E-state index in [1.807, 2.05) is 13.8 Å². The van der Waals surface area contributed by atoms with Crippen molar-refractivity contribution in [3.05, 3.63) is 28.8 Å². The van der Waals surface area contributed by atoms with Gasteiger partial charge in [0.25, 0.3) is 0 Å². The van der Waals surface area contributed by atoms with Crippen molar-refractivity contribution >= 4 is 11.6 Å². The largest absolute Gasteiger partial charge is 0.393 e. The molecule has 0 aromatic heterocycles. The Labute approximate surface area is 152 Å². The molecule has 0 saturated heterocycles. The van der Waals surface area contributed by atoms with E-state index in [0.717, 1.165) is 55.6 Å². The van der Waals surface area contributed by atoms with Crippen LogP contribution in [0.2, 0.25) is 0 Å². The third-order valence-electron chi connectivity index (χ3n) is 5.30. The number of hydrogen-bond acceptors (Lipinski definition) is 3. The molecule has 2 unspecified atom stereocenters. The average molecular weight is 347 g/mol. The molecule has 1 aromatic rings. The molecule has 0 heterocycles. The highest BCUT2D eigenvalue weighted by atomic mass is 16.3. The lowest BCUT2D eigenvalue weighted by atomic mass is 9.86. The number of carbonyl (C=O) groups excluding carboxylic acids is 1. The van der Waals surface area contributed by atoms with Crippen molar-refractivity contribution in [3.63, 3.8) is 0 Å². The minimum Gasteiger partial charge on any atom is -0.393 e. The van der Waals surface area contributed by atoms with E-state index in [1.165, 1.54) is 12.0 Å². The maximum absolute atomic E-state index is 12.3. The van der Waals surface area contributed by atoms with Gasteiger partial charge in [0.1, 0.15) is 0 Å². The number of anilines is 1. The van der Waals surface area contributed by atoms with Crippen molar-refractivity contribution in [2.75, 3.05) is 25.5 Å². The highest BCUT2D eigenvalue weighted by Gasteiger charge is 2.23. The van der Waals surface area contributed by atoms with Crippen molar-refractivity contribution in [2.24, 2.45) is 5.92 Å². The Morgan fingerprint density at radius 3 is 2.48 bits per heavy atom. The smallest absolute Gasteiger partial charge is 0.224 e. The monoisotopic (exact) mass is 346 g/mol. The van der Waals surface area contributed by atoms with E-state index in [4.69, 9.17) is 0 Å². The molecule has 2 atom stereocenters. The van der Waals surface area contributed by atoms with E-state index in [0.29, 0.717) is 12.3 Å². The summed E-state index contributed by atoms with van der Waals surface area (Å²) >= 11 is 0. The molecule has 1 amide bonds. The molecule has 0 spiro atoms. The quantitative estimate of drug-likeness (QED) is 0.789. The summed E-state index contributed by atoms with van der Waals surface area (Å²) in [6, 6.07) is 4.21. The van der Waals surface area contributed by atoms with E-state index in [-0.39, 0.29) is 12.0 Å². The highest BCUT2D eigenvalue weighted by molar-refractivity contribution is 5.92. The van der Waals surface area contributed by atoms with Crippen LogP contribution in [0, 0.1) is 26.7 Å². The molecule has 140 valence electrons. The van der Waals surface area contributed by atoms with Crippen LogP contribution in [0.4, 0.5) is 5.69 Å². The highest BCUT2D eigenvalue weighted by Crippen LogP contribution is 2.25. The van der Waals surface area contributed by atoms with Crippen molar-refractivity contribution in [1.82, 2.24) is 4.90 Å². The number of aliphatic hydroxyl groups excluding tert-OH is 1. The van der Waals surface area contributed by atoms with Gasteiger partial charge in [-0.2, -0.15) is 0 Å². The van der Waals surface area contributed by atoms with Crippen molar-refractivity contribution in [2.45, 2.75) is 65.4 Å². The predicted octanol–water partition coefficient (Wildman–Crippen LogP) is 3.81. The Balaban J connectivity index is 1.73. The van der Waals surface area contributed by atoms with E-state index in [1.54, 1.807) is 0 Å². The average Bonchev–Trinajstić information content (AvgIpc) is 2.53. The van der Waals surface area contributed by atoms with Crippen molar-refractivity contribution in [3.8, 4) is 0 Å². The number of nitrogens with zero attached hydrogens (tertiary/aromatic N) is 1. The van der Waals surface area contributed by atoms with Crippen LogP contribution in [0.25, 0.3) is 0 Å². The molecule has 1 saturated carbocycles. The van der Waals surface area contributed by atoms with Gasteiger partial charge in [0.05, 0.1) is 6.10 Å². The molecule has 2 rings (SSSR count). The Kier molecular flexibility index (Phi) is 7.45. The first-order valence-electron chi connectivity index (χ1n) is 9.61. The zero-order valence-electron chi connectivity index (χ0n) is 16.3. The number of benzene rings is 1. The summed E-state index contributed by atoms with van der Waals surface area (Å²) in [4.78, 5) is 14.5. The molecule has 25 heavy (non-hydrogen) atoms. The van der Waals surface area contributed by atoms with Gasteiger partial charge in [0, 0.05) is 18.7 Å². The lowest BCUT2D eigenvalue weighted by Crippen LogP contribution is -2.35. The number of carbonyl (C=O) groups is 1. The molecule has 1 aliphatic rings. The van der Waals surface area contributed by atoms with E-state index in [9.17, 15) is 9.90 Å².